The van der Waals surface area contributed by atoms with Gasteiger partial charge in [-0.15, -0.1) is 0 Å². The molecule has 2 aromatic rings. The Morgan fingerprint density at radius 1 is 1.15 bits per heavy atom. The van der Waals surface area contributed by atoms with Crippen molar-refractivity contribution < 1.29 is 22.7 Å². The number of hydrogen-bond acceptors (Lipinski definition) is 4. The maximum Gasteiger partial charge on any atom is 0.282 e. The number of halogens is 3. The summed E-state index contributed by atoms with van der Waals surface area (Å²) in [6.45, 7) is 0. The minimum Gasteiger partial charge on any atom is -0.438 e. The second-order valence-electron chi connectivity index (χ2n) is 6.00. The fourth-order valence-corrected chi connectivity index (χ4v) is 2.60. The Morgan fingerprint density at radius 2 is 1.88 bits per heavy atom. The third-order valence-corrected chi connectivity index (χ3v) is 4.02. The third kappa shape index (κ3) is 4.26. The summed E-state index contributed by atoms with van der Waals surface area (Å²) in [4.78, 5) is 20.2. The van der Waals surface area contributed by atoms with Crippen molar-refractivity contribution in [3.63, 3.8) is 0 Å². The van der Waals surface area contributed by atoms with E-state index in [1.807, 2.05) is 0 Å². The molecule has 1 aromatic carbocycles. The fraction of sp³-hybridized carbons (Fsp3) is 0.278. The number of carbonyl (C=O) groups excluding carboxylic acids is 1. The van der Waals surface area contributed by atoms with Gasteiger partial charge in [0.05, 0.1) is 6.20 Å². The molecule has 1 fully saturated rings. The first-order valence-corrected chi connectivity index (χ1v) is 8.07. The molecule has 3 rings (SSSR count). The maximum atomic E-state index is 13.5. The monoisotopic (exact) mass is 363 g/mol. The number of nitrogens with zero attached hydrogens (tertiary/aromatic N) is 2. The average molecular weight is 363 g/mol. The van der Waals surface area contributed by atoms with Crippen molar-refractivity contribution in [2.24, 2.45) is 10.7 Å². The quantitative estimate of drug-likeness (QED) is 0.900. The zero-order chi connectivity index (χ0) is 18.7. The SMILES string of the molecule is NC1CCC(=NC(=O)c2cc(F)cnc2Oc2ccc(F)c(F)c2)CC1. The number of nitrogens with two attached hydrogens (primary N) is 1. The van der Waals surface area contributed by atoms with Gasteiger partial charge in [-0.25, -0.2) is 23.1 Å². The van der Waals surface area contributed by atoms with Crippen LogP contribution in [0, 0.1) is 17.5 Å². The molecular weight excluding hydrogens is 347 g/mol. The molecule has 136 valence electrons. The second-order valence-corrected chi connectivity index (χ2v) is 6.00. The smallest absolute Gasteiger partial charge is 0.282 e. The maximum absolute atomic E-state index is 13.5. The van der Waals surface area contributed by atoms with Gasteiger partial charge in [0, 0.05) is 17.8 Å². The van der Waals surface area contributed by atoms with Gasteiger partial charge in [0.2, 0.25) is 5.88 Å². The van der Waals surface area contributed by atoms with Gasteiger partial charge in [-0.2, -0.15) is 0 Å². The molecule has 0 saturated heterocycles. The molecule has 0 bridgehead atoms. The van der Waals surface area contributed by atoms with Gasteiger partial charge >= 0.3 is 0 Å². The van der Waals surface area contributed by atoms with Crippen LogP contribution in [0.15, 0.2) is 35.5 Å². The van der Waals surface area contributed by atoms with Gasteiger partial charge in [-0.3, -0.25) is 4.79 Å². The van der Waals surface area contributed by atoms with E-state index in [2.05, 4.69) is 9.98 Å². The number of amides is 1. The number of rotatable bonds is 3. The van der Waals surface area contributed by atoms with E-state index in [1.54, 1.807) is 0 Å². The van der Waals surface area contributed by atoms with Crippen molar-refractivity contribution in [3.05, 3.63) is 53.5 Å². The lowest BCUT2D eigenvalue weighted by Crippen LogP contribution is -2.27. The molecule has 2 N–H and O–H groups in total. The van der Waals surface area contributed by atoms with Crippen LogP contribution in [0.2, 0.25) is 0 Å². The van der Waals surface area contributed by atoms with E-state index in [-0.39, 0.29) is 23.2 Å². The lowest BCUT2D eigenvalue weighted by molar-refractivity contribution is 0.0998. The van der Waals surface area contributed by atoms with E-state index in [4.69, 9.17) is 10.5 Å². The molecule has 8 heteroatoms. The molecular formula is C18H16F3N3O2. The molecule has 1 saturated carbocycles. The minimum absolute atomic E-state index is 0.0756. The third-order valence-electron chi connectivity index (χ3n) is 4.02. The van der Waals surface area contributed by atoms with Crippen molar-refractivity contribution in [1.82, 2.24) is 4.98 Å². The first-order valence-electron chi connectivity index (χ1n) is 8.07. The van der Waals surface area contributed by atoms with Gasteiger partial charge in [-0.05, 0) is 43.9 Å². The number of aromatic nitrogens is 1. The summed E-state index contributed by atoms with van der Waals surface area (Å²) in [5.74, 6) is -3.91. The van der Waals surface area contributed by atoms with Gasteiger partial charge < -0.3 is 10.5 Å². The minimum atomic E-state index is -1.11. The highest BCUT2D eigenvalue weighted by molar-refractivity contribution is 6.05. The van der Waals surface area contributed by atoms with E-state index < -0.39 is 23.4 Å². The van der Waals surface area contributed by atoms with Crippen LogP contribution in [0.25, 0.3) is 0 Å². The van der Waals surface area contributed by atoms with Crippen LogP contribution in [-0.4, -0.2) is 22.6 Å². The summed E-state index contributed by atoms with van der Waals surface area (Å²) < 4.78 is 45.2. The number of benzene rings is 1. The highest BCUT2D eigenvalue weighted by atomic mass is 19.2. The molecule has 0 spiro atoms. The summed E-state index contributed by atoms with van der Waals surface area (Å²) in [6, 6.07) is 3.90. The van der Waals surface area contributed by atoms with E-state index in [0.717, 1.165) is 37.2 Å². The zero-order valence-corrected chi connectivity index (χ0v) is 13.7. The van der Waals surface area contributed by atoms with Crippen molar-refractivity contribution in [2.45, 2.75) is 31.7 Å². The van der Waals surface area contributed by atoms with Crippen LogP contribution >= 0.6 is 0 Å². The Labute approximate surface area is 147 Å². The molecule has 0 radical (unpaired) electrons. The van der Waals surface area contributed by atoms with Crippen LogP contribution in [0.1, 0.15) is 36.0 Å². The van der Waals surface area contributed by atoms with Gasteiger partial charge in [0.15, 0.2) is 11.6 Å². The second kappa shape index (κ2) is 7.65. The van der Waals surface area contributed by atoms with Crippen molar-refractivity contribution in [3.8, 4) is 11.6 Å². The molecule has 1 amide bonds. The predicted octanol–water partition coefficient (Wildman–Crippen LogP) is 3.77. The van der Waals surface area contributed by atoms with Crippen molar-refractivity contribution >= 4 is 11.6 Å². The van der Waals surface area contributed by atoms with Crippen LogP contribution in [0.4, 0.5) is 13.2 Å². The average Bonchev–Trinajstić information content (AvgIpc) is 2.61. The first-order chi connectivity index (χ1) is 12.4. The number of aliphatic imine (C=N–C) groups is 1. The van der Waals surface area contributed by atoms with Gasteiger partial charge in [0.25, 0.3) is 5.91 Å². The summed E-state index contributed by atoms with van der Waals surface area (Å²) in [6.07, 6.45) is 3.50. The Hall–Kier alpha value is -2.74. The summed E-state index contributed by atoms with van der Waals surface area (Å²) in [7, 11) is 0. The number of hydrogen-bond donors (Lipinski definition) is 1. The number of carbonyl (C=O) groups is 1. The normalized spacial score (nSPS) is 17.1. The van der Waals surface area contributed by atoms with E-state index in [0.29, 0.717) is 18.6 Å². The van der Waals surface area contributed by atoms with E-state index in [1.165, 1.54) is 6.07 Å². The van der Waals surface area contributed by atoms with Gasteiger partial charge in [-0.1, -0.05) is 0 Å². The largest absolute Gasteiger partial charge is 0.438 e. The van der Waals surface area contributed by atoms with Gasteiger partial charge in [0.1, 0.15) is 17.1 Å². The molecule has 1 aliphatic rings. The van der Waals surface area contributed by atoms with Crippen molar-refractivity contribution in [1.29, 1.82) is 0 Å². The Balaban J connectivity index is 1.86. The van der Waals surface area contributed by atoms with Crippen LogP contribution in [0.3, 0.4) is 0 Å². The molecule has 0 aliphatic heterocycles. The Kier molecular flexibility index (Phi) is 5.32. The Morgan fingerprint density at radius 3 is 2.58 bits per heavy atom. The van der Waals surface area contributed by atoms with Crippen molar-refractivity contribution in [2.75, 3.05) is 0 Å². The molecule has 5 nitrogen and oxygen atoms in total. The Bertz CT molecular complexity index is 861. The molecule has 1 heterocycles. The predicted molar refractivity (Wildman–Crippen MR) is 88.8 cm³/mol. The fourth-order valence-electron chi connectivity index (χ4n) is 2.60. The lowest BCUT2D eigenvalue weighted by Gasteiger charge is -2.18. The van der Waals surface area contributed by atoms with Crippen LogP contribution in [-0.2, 0) is 0 Å². The summed E-state index contributed by atoms with van der Waals surface area (Å²) in [5, 5.41) is 0. The highest BCUT2D eigenvalue weighted by Crippen LogP contribution is 2.26. The molecule has 0 unspecified atom stereocenters. The van der Waals surface area contributed by atoms with E-state index in [9.17, 15) is 18.0 Å². The van der Waals surface area contributed by atoms with E-state index >= 15 is 0 Å². The molecule has 0 atom stereocenters. The highest BCUT2D eigenvalue weighted by Gasteiger charge is 2.19. The van der Waals surface area contributed by atoms with Crippen LogP contribution < -0.4 is 10.5 Å². The lowest BCUT2D eigenvalue weighted by atomic mass is 9.94. The number of ether oxygens (including phenoxy) is 1. The molecule has 1 aromatic heterocycles. The standard InChI is InChI=1S/C18H16F3N3O2/c19-10-7-14(17(25)24-12-3-1-11(22)2-4-12)18(23-9-10)26-13-5-6-15(20)16(21)8-13/h5-9,11H,1-4,22H2. The summed E-state index contributed by atoms with van der Waals surface area (Å²) in [5.41, 5.74) is 6.30. The van der Waals surface area contributed by atoms with Crippen LogP contribution in [0.5, 0.6) is 11.6 Å². The first kappa shape index (κ1) is 18.1. The zero-order valence-electron chi connectivity index (χ0n) is 13.7. The number of pyridine rings is 1. The molecule has 26 heavy (non-hydrogen) atoms. The summed E-state index contributed by atoms with van der Waals surface area (Å²) >= 11 is 0. The molecule has 1 aliphatic carbocycles. The topological polar surface area (TPSA) is 77.6 Å².